The molecule has 0 fully saturated rings. The van der Waals surface area contributed by atoms with Gasteiger partial charge in [0.25, 0.3) is 0 Å². The third-order valence-electron chi connectivity index (χ3n) is 8.46. The zero-order valence-electron chi connectivity index (χ0n) is 24.8. The SMILES string of the molecule is CC(C)(C)C(=O)N1C(=O)C(C2C(=O)Oc3cc4c(cc32)OC(=O)C4C2C(=O)N(C(=O)C(C)(C)C)c3ccsc32)c2sccc21. The van der Waals surface area contributed by atoms with Crippen LogP contribution in [0.5, 0.6) is 11.5 Å². The molecule has 0 aliphatic carbocycles. The molecular formula is C32H28N2O8S2. The Hall–Kier alpha value is -4.16. The molecule has 44 heavy (non-hydrogen) atoms. The van der Waals surface area contributed by atoms with Crippen LogP contribution in [0.25, 0.3) is 0 Å². The second-order valence-electron chi connectivity index (χ2n) is 13.5. The van der Waals surface area contributed by atoms with Crippen molar-refractivity contribution in [2.45, 2.75) is 65.2 Å². The Morgan fingerprint density at radius 1 is 0.636 bits per heavy atom. The molecule has 0 N–H and O–H groups in total. The smallest absolute Gasteiger partial charge is 0.320 e. The molecule has 0 bridgehead atoms. The number of thiophene rings is 2. The molecule has 0 saturated heterocycles. The number of rotatable bonds is 2. The number of amides is 4. The third-order valence-corrected chi connectivity index (χ3v) is 10.4. The molecule has 4 unspecified atom stereocenters. The first-order valence-corrected chi connectivity index (χ1v) is 15.9. The quantitative estimate of drug-likeness (QED) is 0.278. The molecule has 0 radical (unpaired) electrons. The van der Waals surface area contributed by atoms with Gasteiger partial charge in [-0.1, -0.05) is 41.5 Å². The summed E-state index contributed by atoms with van der Waals surface area (Å²) in [6.45, 7) is 10.3. The van der Waals surface area contributed by atoms with E-state index in [1.807, 2.05) is 0 Å². The first-order chi connectivity index (χ1) is 20.6. The van der Waals surface area contributed by atoms with E-state index in [9.17, 15) is 28.8 Å². The summed E-state index contributed by atoms with van der Waals surface area (Å²) in [7, 11) is 0. The minimum atomic E-state index is -1.06. The predicted octanol–water partition coefficient (Wildman–Crippen LogP) is 5.22. The molecule has 0 saturated carbocycles. The Labute approximate surface area is 260 Å². The van der Waals surface area contributed by atoms with Crippen LogP contribution in [0.1, 0.15) is 86.1 Å². The summed E-state index contributed by atoms with van der Waals surface area (Å²) >= 11 is 2.57. The summed E-state index contributed by atoms with van der Waals surface area (Å²) < 4.78 is 11.4. The summed E-state index contributed by atoms with van der Waals surface area (Å²) in [4.78, 5) is 84.5. The summed E-state index contributed by atoms with van der Waals surface area (Å²) in [5, 5.41) is 3.54. The Morgan fingerprint density at radius 3 is 1.34 bits per heavy atom. The molecule has 12 heteroatoms. The zero-order chi connectivity index (χ0) is 31.6. The zero-order valence-corrected chi connectivity index (χ0v) is 26.4. The van der Waals surface area contributed by atoms with Gasteiger partial charge in [0.1, 0.15) is 23.3 Å². The molecule has 4 aliphatic heterocycles. The van der Waals surface area contributed by atoms with E-state index in [2.05, 4.69) is 0 Å². The van der Waals surface area contributed by atoms with Gasteiger partial charge in [0, 0.05) is 31.7 Å². The van der Waals surface area contributed by atoms with Crippen molar-refractivity contribution < 1.29 is 38.2 Å². The van der Waals surface area contributed by atoms with Crippen molar-refractivity contribution in [1.29, 1.82) is 0 Å². The lowest BCUT2D eigenvalue weighted by Crippen LogP contribution is -2.43. The van der Waals surface area contributed by atoms with E-state index in [1.165, 1.54) is 34.8 Å². The van der Waals surface area contributed by atoms with Crippen molar-refractivity contribution in [3.8, 4) is 11.5 Å². The number of hydrogen-bond donors (Lipinski definition) is 0. The highest BCUT2D eigenvalue weighted by Gasteiger charge is 2.56. The predicted molar refractivity (Wildman–Crippen MR) is 161 cm³/mol. The Bertz CT molecular complexity index is 1720. The number of fused-ring (bicyclic) bond motifs is 4. The van der Waals surface area contributed by atoms with E-state index in [0.29, 0.717) is 32.3 Å². The molecule has 7 rings (SSSR count). The largest absolute Gasteiger partial charge is 0.426 e. The molecule has 4 amide bonds. The van der Waals surface area contributed by atoms with E-state index in [0.717, 1.165) is 9.80 Å². The Balaban J connectivity index is 1.27. The molecular weight excluding hydrogens is 604 g/mol. The van der Waals surface area contributed by atoms with Crippen LogP contribution in [-0.4, -0.2) is 35.6 Å². The number of imide groups is 2. The maximum atomic E-state index is 13.8. The number of nitrogens with zero attached hydrogens (tertiary/aromatic N) is 2. The van der Waals surface area contributed by atoms with Crippen molar-refractivity contribution >= 4 is 69.6 Å². The van der Waals surface area contributed by atoms with E-state index in [-0.39, 0.29) is 23.3 Å². The van der Waals surface area contributed by atoms with E-state index >= 15 is 0 Å². The van der Waals surface area contributed by atoms with Gasteiger partial charge in [-0.15, -0.1) is 22.7 Å². The standard InChI is InChI=1S/C32H28N2O8S2/c1-31(2,3)29(39)33-15-7-9-43-23(15)21(25(33)35)19-13-11-18-14(12-17(13)41-27(19)37)20(28(38)42-18)22-24-16(8-10-44-24)34(26(22)36)30(40)32(4,5)6/h7-12,19-22H,1-6H3. The van der Waals surface area contributed by atoms with Gasteiger partial charge in [-0.05, 0) is 35.0 Å². The first kappa shape index (κ1) is 28.6. The summed E-state index contributed by atoms with van der Waals surface area (Å²) in [5.74, 6) is -6.88. The van der Waals surface area contributed by atoms with Crippen LogP contribution in [0, 0.1) is 10.8 Å². The average molecular weight is 633 g/mol. The molecule has 226 valence electrons. The molecule has 3 aromatic rings. The maximum absolute atomic E-state index is 13.8. The second-order valence-corrected chi connectivity index (χ2v) is 15.4. The highest BCUT2D eigenvalue weighted by Crippen LogP contribution is 2.57. The number of ether oxygens (including phenoxy) is 2. The highest BCUT2D eigenvalue weighted by atomic mass is 32.1. The number of benzene rings is 1. The molecule has 0 spiro atoms. The van der Waals surface area contributed by atoms with Gasteiger partial charge >= 0.3 is 11.9 Å². The minimum absolute atomic E-state index is 0.160. The number of hydrogen-bond acceptors (Lipinski definition) is 10. The fraction of sp³-hybridized carbons (Fsp3) is 0.375. The molecule has 1 aromatic carbocycles. The maximum Gasteiger partial charge on any atom is 0.320 e. The van der Waals surface area contributed by atoms with Crippen LogP contribution in [0.3, 0.4) is 0 Å². The van der Waals surface area contributed by atoms with Crippen molar-refractivity contribution in [2.24, 2.45) is 10.8 Å². The fourth-order valence-corrected chi connectivity index (χ4v) is 8.38. The molecule has 4 aliphatic rings. The number of esters is 2. The van der Waals surface area contributed by atoms with Crippen LogP contribution in [0.2, 0.25) is 0 Å². The van der Waals surface area contributed by atoms with E-state index in [1.54, 1.807) is 64.4 Å². The van der Waals surface area contributed by atoms with Gasteiger partial charge in [0.2, 0.25) is 23.6 Å². The van der Waals surface area contributed by atoms with Crippen LogP contribution < -0.4 is 19.3 Å². The lowest BCUT2D eigenvalue weighted by Gasteiger charge is -2.25. The van der Waals surface area contributed by atoms with Crippen molar-refractivity contribution in [3.05, 3.63) is 55.9 Å². The van der Waals surface area contributed by atoms with Crippen LogP contribution >= 0.6 is 22.7 Å². The Morgan fingerprint density at radius 2 is 1.00 bits per heavy atom. The summed E-state index contributed by atoms with van der Waals surface area (Å²) in [5.41, 5.74) is -0.0307. The summed E-state index contributed by atoms with van der Waals surface area (Å²) in [6, 6.07) is 6.45. The normalized spacial score (nSPS) is 23.9. The van der Waals surface area contributed by atoms with Crippen molar-refractivity contribution in [3.63, 3.8) is 0 Å². The monoisotopic (exact) mass is 632 g/mol. The highest BCUT2D eigenvalue weighted by molar-refractivity contribution is 7.11. The van der Waals surface area contributed by atoms with Crippen LogP contribution in [0.15, 0.2) is 35.0 Å². The van der Waals surface area contributed by atoms with Gasteiger partial charge < -0.3 is 9.47 Å². The van der Waals surface area contributed by atoms with Gasteiger partial charge in [0.15, 0.2) is 0 Å². The van der Waals surface area contributed by atoms with Crippen LogP contribution in [0.4, 0.5) is 11.4 Å². The minimum Gasteiger partial charge on any atom is -0.426 e. The first-order valence-electron chi connectivity index (χ1n) is 14.1. The molecule has 6 heterocycles. The van der Waals surface area contributed by atoms with Crippen molar-refractivity contribution in [2.75, 3.05) is 9.80 Å². The molecule has 10 nitrogen and oxygen atoms in total. The molecule has 2 aromatic heterocycles. The topological polar surface area (TPSA) is 127 Å². The van der Waals surface area contributed by atoms with Gasteiger partial charge in [0.05, 0.1) is 23.2 Å². The number of carbonyl (C=O) groups is 6. The van der Waals surface area contributed by atoms with Gasteiger partial charge in [-0.2, -0.15) is 0 Å². The lowest BCUT2D eigenvalue weighted by molar-refractivity contribution is -0.138. The lowest BCUT2D eigenvalue weighted by atomic mass is 9.83. The van der Waals surface area contributed by atoms with E-state index in [4.69, 9.17) is 9.47 Å². The van der Waals surface area contributed by atoms with Gasteiger partial charge in [-0.25, -0.2) is 9.80 Å². The average Bonchev–Trinajstić information content (AvgIpc) is 3.75. The summed E-state index contributed by atoms with van der Waals surface area (Å²) in [6.07, 6.45) is 0. The number of anilines is 2. The van der Waals surface area contributed by atoms with Gasteiger partial charge in [-0.3, -0.25) is 28.8 Å². The van der Waals surface area contributed by atoms with E-state index < -0.39 is 58.3 Å². The third kappa shape index (κ3) is 3.83. The Kier molecular flexibility index (Phi) is 5.97. The molecule has 4 atom stereocenters. The number of carbonyl (C=O) groups excluding carboxylic acids is 6. The van der Waals surface area contributed by atoms with Crippen LogP contribution in [-0.2, 0) is 28.8 Å². The second kappa shape index (κ2) is 9.18. The van der Waals surface area contributed by atoms with Crippen molar-refractivity contribution in [1.82, 2.24) is 0 Å². The fourth-order valence-electron chi connectivity index (χ4n) is 6.36.